The molecule has 2 heterocycles. The lowest BCUT2D eigenvalue weighted by atomic mass is 10.2. The minimum Gasteiger partial charge on any atom is -0.496 e. The molecule has 1 aliphatic rings. The van der Waals surface area contributed by atoms with E-state index in [1.165, 1.54) is 15.1 Å². The van der Waals surface area contributed by atoms with Gasteiger partial charge in [0.1, 0.15) is 5.75 Å². The number of rotatable bonds is 2. The Labute approximate surface area is 105 Å². The van der Waals surface area contributed by atoms with Gasteiger partial charge >= 0.3 is 0 Å². The Balaban J connectivity index is 2.00. The molecule has 4 heteroatoms. The van der Waals surface area contributed by atoms with Crippen LogP contribution in [0.3, 0.4) is 0 Å². The molecular weight excluding hydrogens is 234 g/mol. The first kappa shape index (κ1) is 10.9. The molecule has 0 bridgehead atoms. The summed E-state index contributed by atoms with van der Waals surface area (Å²) in [5, 5.41) is 2.52. The van der Waals surface area contributed by atoms with E-state index in [0.29, 0.717) is 0 Å². The topological polar surface area (TPSA) is 21.7 Å². The van der Waals surface area contributed by atoms with Gasteiger partial charge < -0.3 is 14.4 Å². The molecule has 1 aromatic heterocycles. The molecule has 1 fully saturated rings. The number of hydrogen-bond donors (Lipinski definition) is 0. The number of methoxy groups -OCH3 is 1. The zero-order chi connectivity index (χ0) is 11.7. The van der Waals surface area contributed by atoms with Gasteiger partial charge in [0.15, 0.2) is 0 Å². The number of fused-ring (bicyclic) bond motifs is 1. The summed E-state index contributed by atoms with van der Waals surface area (Å²) in [7, 11) is 1.72. The fourth-order valence-electron chi connectivity index (χ4n) is 2.14. The number of benzene rings is 1. The van der Waals surface area contributed by atoms with E-state index in [1.807, 2.05) is 23.5 Å². The second kappa shape index (κ2) is 4.55. The van der Waals surface area contributed by atoms with Crippen LogP contribution in [0.25, 0.3) is 10.1 Å². The number of morpholine rings is 1. The Bertz CT molecular complexity index is 517. The van der Waals surface area contributed by atoms with Crippen molar-refractivity contribution in [3.63, 3.8) is 0 Å². The molecule has 0 saturated carbocycles. The fourth-order valence-corrected chi connectivity index (χ4v) is 3.27. The Kier molecular flexibility index (Phi) is 2.91. The van der Waals surface area contributed by atoms with Crippen molar-refractivity contribution >= 4 is 26.4 Å². The van der Waals surface area contributed by atoms with Gasteiger partial charge in [-0.15, -0.1) is 11.3 Å². The Morgan fingerprint density at radius 1 is 1.29 bits per heavy atom. The summed E-state index contributed by atoms with van der Waals surface area (Å²) in [5.74, 6) is 0.957. The van der Waals surface area contributed by atoms with E-state index in [9.17, 15) is 0 Å². The molecule has 3 nitrogen and oxygen atoms in total. The van der Waals surface area contributed by atoms with E-state index in [0.717, 1.165) is 32.1 Å². The molecule has 1 aromatic carbocycles. The standard InChI is InChI=1S/C13H15NO2S/c1-15-11-3-2-4-12-10(11)9-13(17-12)14-5-7-16-8-6-14/h2-4,9H,5-8H2,1H3. The predicted molar refractivity (Wildman–Crippen MR) is 71.4 cm³/mol. The summed E-state index contributed by atoms with van der Waals surface area (Å²) in [4.78, 5) is 2.38. The Morgan fingerprint density at radius 3 is 2.88 bits per heavy atom. The van der Waals surface area contributed by atoms with E-state index >= 15 is 0 Å². The number of anilines is 1. The van der Waals surface area contributed by atoms with Crippen molar-refractivity contribution in [2.45, 2.75) is 0 Å². The van der Waals surface area contributed by atoms with E-state index in [2.05, 4.69) is 17.0 Å². The second-order valence-electron chi connectivity index (χ2n) is 4.06. The van der Waals surface area contributed by atoms with Crippen LogP contribution in [0.4, 0.5) is 5.00 Å². The highest BCUT2D eigenvalue weighted by molar-refractivity contribution is 7.22. The molecule has 0 unspecified atom stereocenters. The molecule has 0 radical (unpaired) electrons. The predicted octanol–water partition coefficient (Wildman–Crippen LogP) is 2.75. The molecule has 2 aromatic rings. The zero-order valence-electron chi connectivity index (χ0n) is 9.81. The zero-order valence-corrected chi connectivity index (χ0v) is 10.6. The first-order valence-corrected chi connectivity index (χ1v) is 6.59. The SMILES string of the molecule is COc1cccc2sc(N3CCOCC3)cc12. The molecule has 90 valence electrons. The third kappa shape index (κ3) is 1.98. The lowest BCUT2D eigenvalue weighted by molar-refractivity contribution is 0.123. The van der Waals surface area contributed by atoms with Gasteiger partial charge in [0.25, 0.3) is 0 Å². The molecule has 0 aliphatic carbocycles. The van der Waals surface area contributed by atoms with E-state index < -0.39 is 0 Å². The molecule has 1 saturated heterocycles. The second-order valence-corrected chi connectivity index (χ2v) is 5.12. The summed E-state index contributed by atoms with van der Waals surface area (Å²) >= 11 is 1.82. The molecular formula is C13H15NO2S. The molecule has 17 heavy (non-hydrogen) atoms. The summed E-state index contributed by atoms with van der Waals surface area (Å²) in [5.41, 5.74) is 0. The fraction of sp³-hybridized carbons (Fsp3) is 0.385. The van der Waals surface area contributed by atoms with E-state index in [1.54, 1.807) is 7.11 Å². The normalized spacial score (nSPS) is 16.4. The van der Waals surface area contributed by atoms with Crippen molar-refractivity contribution in [2.75, 3.05) is 38.3 Å². The van der Waals surface area contributed by atoms with Crippen LogP contribution in [0, 0.1) is 0 Å². The van der Waals surface area contributed by atoms with Gasteiger partial charge in [-0.05, 0) is 18.2 Å². The minimum absolute atomic E-state index is 0.825. The Morgan fingerprint density at radius 2 is 2.12 bits per heavy atom. The smallest absolute Gasteiger partial charge is 0.127 e. The molecule has 0 amide bonds. The Hall–Kier alpha value is -1.26. The largest absolute Gasteiger partial charge is 0.496 e. The van der Waals surface area contributed by atoms with Gasteiger partial charge in [0, 0.05) is 23.2 Å². The summed E-state index contributed by atoms with van der Waals surface area (Å²) in [6, 6.07) is 8.43. The van der Waals surface area contributed by atoms with Gasteiger partial charge in [0.05, 0.1) is 25.3 Å². The van der Waals surface area contributed by atoms with Crippen molar-refractivity contribution < 1.29 is 9.47 Å². The van der Waals surface area contributed by atoms with Crippen molar-refractivity contribution in [1.82, 2.24) is 0 Å². The van der Waals surface area contributed by atoms with Gasteiger partial charge in [-0.2, -0.15) is 0 Å². The summed E-state index contributed by atoms with van der Waals surface area (Å²) in [6.45, 7) is 3.61. The number of ether oxygens (including phenoxy) is 2. The summed E-state index contributed by atoms with van der Waals surface area (Å²) in [6.07, 6.45) is 0. The third-order valence-electron chi connectivity index (χ3n) is 3.05. The highest BCUT2D eigenvalue weighted by Crippen LogP contribution is 2.37. The third-order valence-corrected chi connectivity index (χ3v) is 4.21. The molecule has 3 rings (SSSR count). The lowest BCUT2D eigenvalue weighted by Gasteiger charge is -2.27. The van der Waals surface area contributed by atoms with Crippen LogP contribution < -0.4 is 9.64 Å². The first-order valence-electron chi connectivity index (χ1n) is 5.78. The quantitative estimate of drug-likeness (QED) is 0.817. The minimum atomic E-state index is 0.825. The van der Waals surface area contributed by atoms with Crippen LogP contribution in [0.2, 0.25) is 0 Å². The molecule has 1 aliphatic heterocycles. The van der Waals surface area contributed by atoms with Gasteiger partial charge in [-0.1, -0.05) is 6.07 Å². The van der Waals surface area contributed by atoms with E-state index in [4.69, 9.17) is 9.47 Å². The monoisotopic (exact) mass is 249 g/mol. The van der Waals surface area contributed by atoms with Crippen molar-refractivity contribution in [3.8, 4) is 5.75 Å². The van der Waals surface area contributed by atoms with Crippen LogP contribution in [0.1, 0.15) is 0 Å². The maximum absolute atomic E-state index is 5.39. The molecule has 0 spiro atoms. The average Bonchev–Trinajstić information content (AvgIpc) is 2.83. The van der Waals surface area contributed by atoms with Crippen LogP contribution >= 0.6 is 11.3 Å². The number of thiophene rings is 1. The van der Waals surface area contributed by atoms with Crippen LogP contribution in [-0.4, -0.2) is 33.4 Å². The number of hydrogen-bond acceptors (Lipinski definition) is 4. The van der Waals surface area contributed by atoms with Crippen LogP contribution in [-0.2, 0) is 4.74 Å². The lowest BCUT2D eigenvalue weighted by Crippen LogP contribution is -2.35. The average molecular weight is 249 g/mol. The van der Waals surface area contributed by atoms with E-state index in [-0.39, 0.29) is 0 Å². The van der Waals surface area contributed by atoms with Gasteiger partial charge in [-0.25, -0.2) is 0 Å². The maximum atomic E-state index is 5.39. The van der Waals surface area contributed by atoms with Crippen LogP contribution in [0.15, 0.2) is 24.3 Å². The molecule has 0 N–H and O–H groups in total. The summed E-state index contributed by atoms with van der Waals surface area (Å²) < 4.78 is 12.1. The highest BCUT2D eigenvalue weighted by Gasteiger charge is 2.15. The van der Waals surface area contributed by atoms with Crippen molar-refractivity contribution in [2.24, 2.45) is 0 Å². The first-order chi connectivity index (χ1) is 8.38. The molecule has 0 atom stereocenters. The van der Waals surface area contributed by atoms with Gasteiger partial charge in [-0.3, -0.25) is 0 Å². The maximum Gasteiger partial charge on any atom is 0.127 e. The van der Waals surface area contributed by atoms with Crippen LogP contribution in [0.5, 0.6) is 5.75 Å². The van der Waals surface area contributed by atoms with Gasteiger partial charge in [0.2, 0.25) is 0 Å². The highest BCUT2D eigenvalue weighted by atomic mass is 32.1. The van der Waals surface area contributed by atoms with Crippen molar-refractivity contribution in [3.05, 3.63) is 24.3 Å². The van der Waals surface area contributed by atoms with Crippen molar-refractivity contribution in [1.29, 1.82) is 0 Å². The number of nitrogens with zero attached hydrogens (tertiary/aromatic N) is 1.